The Morgan fingerprint density at radius 2 is 2.20 bits per heavy atom. The number of anilines is 3. The molecule has 0 saturated heterocycles. The van der Waals surface area contributed by atoms with Crippen LogP contribution in [0.15, 0.2) is 18.2 Å². The highest BCUT2D eigenvalue weighted by Gasteiger charge is 2.30. The lowest BCUT2D eigenvalue weighted by Crippen LogP contribution is -2.26. The number of nitrogens with two attached hydrogens (primary N) is 1. The van der Waals surface area contributed by atoms with Gasteiger partial charge >= 0.3 is 0 Å². The van der Waals surface area contributed by atoms with E-state index in [1.54, 1.807) is 0 Å². The lowest BCUT2D eigenvalue weighted by molar-refractivity contribution is 0.760. The quantitative estimate of drug-likeness (QED) is 0.686. The second-order valence-corrected chi connectivity index (χ2v) is 4.48. The molecule has 3 nitrogen and oxygen atoms in total. The molecule has 1 aromatic rings. The first-order valence-electron chi connectivity index (χ1n) is 5.74. The summed E-state index contributed by atoms with van der Waals surface area (Å²) in [5.74, 6) is 0. The maximum Gasteiger partial charge on any atom is 0.0606 e. The van der Waals surface area contributed by atoms with Crippen LogP contribution in [0.4, 0.5) is 17.1 Å². The van der Waals surface area contributed by atoms with Crippen molar-refractivity contribution in [3.63, 3.8) is 0 Å². The molecule has 1 fully saturated rings. The lowest BCUT2D eigenvalue weighted by atomic mass is 10.2. The number of hydrogen-bond donors (Lipinski definition) is 2. The number of nitrogens with one attached hydrogen (secondary N) is 1. The Morgan fingerprint density at radius 3 is 3.00 bits per heavy atom. The van der Waals surface area contributed by atoms with E-state index in [1.165, 1.54) is 37.2 Å². The molecule has 80 valence electrons. The molecule has 0 radical (unpaired) electrons. The van der Waals surface area contributed by atoms with Gasteiger partial charge in [-0.1, -0.05) is 0 Å². The number of benzene rings is 1. The molecule has 2 aliphatic rings. The Kier molecular flexibility index (Phi) is 1.97. The number of nitrogen functional groups attached to an aromatic ring is 1. The second-order valence-electron chi connectivity index (χ2n) is 4.48. The standard InChI is InChI=1S/C12H17N3/c13-9-2-5-12-11(8-9)14-6-1-7-15(12)10-3-4-10/h2,5,8,10,14H,1,3-4,6-7,13H2. The van der Waals surface area contributed by atoms with E-state index in [-0.39, 0.29) is 0 Å². The topological polar surface area (TPSA) is 41.3 Å². The van der Waals surface area contributed by atoms with Gasteiger partial charge in [-0.2, -0.15) is 0 Å². The first kappa shape index (κ1) is 8.89. The van der Waals surface area contributed by atoms with Crippen LogP contribution in [-0.4, -0.2) is 19.1 Å². The van der Waals surface area contributed by atoms with Gasteiger partial charge in [-0.05, 0) is 37.5 Å². The summed E-state index contributed by atoms with van der Waals surface area (Å²) in [7, 11) is 0. The number of fused-ring (bicyclic) bond motifs is 1. The van der Waals surface area contributed by atoms with Gasteiger partial charge in [0.2, 0.25) is 0 Å². The van der Waals surface area contributed by atoms with Gasteiger partial charge in [0.15, 0.2) is 0 Å². The summed E-state index contributed by atoms with van der Waals surface area (Å²) in [6.45, 7) is 2.23. The van der Waals surface area contributed by atoms with Crippen molar-refractivity contribution in [2.24, 2.45) is 0 Å². The molecule has 3 N–H and O–H groups in total. The van der Waals surface area contributed by atoms with E-state index in [2.05, 4.69) is 22.3 Å². The minimum absolute atomic E-state index is 0.785. The SMILES string of the molecule is Nc1ccc2c(c1)NCCCN2C1CC1. The van der Waals surface area contributed by atoms with Crippen LogP contribution in [0, 0.1) is 0 Å². The van der Waals surface area contributed by atoms with Crippen LogP contribution in [0.2, 0.25) is 0 Å². The highest BCUT2D eigenvalue weighted by atomic mass is 15.2. The zero-order valence-electron chi connectivity index (χ0n) is 8.87. The van der Waals surface area contributed by atoms with Crippen LogP contribution >= 0.6 is 0 Å². The highest BCUT2D eigenvalue weighted by molar-refractivity contribution is 5.75. The summed E-state index contributed by atoms with van der Waals surface area (Å²) in [6, 6.07) is 6.99. The largest absolute Gasteiger partial charge is 0.399 e. The Morgan fingerprint density at radius 1 is 1.33 bits per heavy atom. The molecule has 15 heavy (non-hydrogen) atoms. The van der Waals surface area contributed by atoms with Crippen molar-refractivity contribution in [3.05, 3.63) is 18.2 Å². The van der Waals surface area contributed by atoms with Crippen LogP contribution in [0.1, 0.15) is 19.3 Å². The monoisotopic (exact) mass is 203 g/mol. The van der Waals surface area contributed by atoms with Gasteiger partial charge in [0, 0.05) is 24.8 Å². The number of rotatable bonds is 1. The normalized spacial score (nSPS) is 20.4. The van der Waals surface area contributed by atoms with Crippen molar-refractivity contribution >= 4 is 17.1 Å². The Labute approximate surface area is 90.3 Å². The molecular formula is C12H17N3. The highest BCUT2D eigenvalue weighted by Crippen LogP contribution is 2.38. The average Bonchev–Trinajstić information content (AvgIpc) is 3.01. The molecule has 0 bridgehead atoms. The first-order chi connectivity index (χ1) is 7.34. The molecule has 1 aliphatic carbocycles. The van der Waals surface area contributed by atoms with E-state index in [4.69, 9.17) is 5.73 Å². The van der Waals surface area contributed by atoms with Crippen molar-refractivity contribution < 1.29 is 0 Å². The van der Waals surface area contributed by atoms with E-state index in [0.717, 1.165) is 18.3 Å². The first-order valence-corrected chi connectivity index (χ1v) is 5.74. The van der Waals surface area contributed by atoms with Gasteiger partial charge in [0.05, 0.1) is 11.4 Å². The molecule has 3 rings (SSSR count). The zero-order valence-corrected chi connectivity index (χ0v) is 8.87. The summed E-state index contributed by atoms with van der Waals surface area (Å²) >= 11 is 0. The van der Waals surface area contributed by atoms with Crippen LogP contribution < -0.4 is 16.0 Å². The maximum absolute atomic E-state index is 5.81. The molecule has 3 heteroatoms. The van der Waals surface area contributed by atoms with Crippen LogP contribution in [0.3, 0.4) is 0 Å². The summed E-state index contributed by atoms with van der Waals surface area (Å²) in [5.41, 5.74) is 9.20. The van der Waals surface area contributed by atoms with Crippen molar-refractivity contribution in [2.75, 3.05) is 29.0 Å². The Hall–Kier alpha value is -1.38. The third kappa shape index (κ3) is 1.62. The molecule has 0 spiro atoms. The summed E-state index contributed by atoms with van der Waals surface area (Å²) in [6.07, 6.45) is 3.92. The second kappa shape index (κ2) is 3.33. The average molecular weight is 203 g/mol. The molecule has 0 atom stereocenters. The van der Waals surface area contributed by atoms with Gasteiger partial charge in [0.1, 0.15) is 0 Å². The van der Waals surface area contributed by atoms with E-state index < -0.39 is 0 Å². The van der Waals surface area contributed by atoms with E-state index in [0.29, 0.717) is 0 Å². The zero-order chi connectivity index (χ0) is 10.3. The molecule has 1 heterocycles. The Bertz CT molecular complexity index is 371. The molecular weight excluding hydrogens is 186 g/mol. The van der Waals surface area contributed by atoms with Gasteiger partial charge in [0.25, 0.3) is 0 Å². The van der Waals surface area contributed by atoms with Crippen molar-refractivity contribution in [2.45, 2.75) is 25.3 Å². The molecule has 0 aromatic heterocycles. The maximum atomic E-state index is 5.81. The van der Waals surface area contributed by atoms with Crippen molar-refractivity contribution in [3.8, 4) is 0 Å². The fourth-order valence-electron chi connectivity index (χ4n) is 2.30. The molecule has 1 saturated carbocycles. The third-order valence-corrected chi connectivity index (χ3v) is 3.21. The van der Waals surface area contributed by atoms with Crippen LogP contribution in [-0.2, 0) is 0 Å². The molecule has 0 unspecified atom stereocenters. The minimum atomic E-state index is 0.785. The molecule has 1 aliphatic heterocycles. The fraction of sp³-hybridized carbons (Fsp3) is 0.500. The van der Waals surface area contributed by atoms with Gasteiger partial charge in [-0.3, -0.25) is 0 Å². The number of hydrogen-bond acceptors (Lipinski definition) is 3. The van der Waals surface area contributed by atoms with E-state index in [9.17, 15) is 0 Å². The van der Waals surface area contributed by atoms with Crippen LogP contribution in [0.5, 0.6) is 0 Å². The van der Waals surface area contributed by atoms with Crippen molar-refractivity contribution in [1.82, 2.24) is 0 Å². The predicted octanol–water partition coefficient (Wildman–Crippen LogP) is 2.05. The fourth-order valence-corrected chi connectivity index (χ4v) is 2.30. The van der Waals surface area contributed by atoms with E-state index in [1.807, 2.05) is 6.07 Å². The van der Waals surface area contributed by atoms with Crippen molar-refractivity contribution in [1.29, 1.82) is 0 Å². The summed E-state index contributed by atoms with van der Waals surface area (Å²) < 4.78 is 0. The van der Waals surface area contributed by atoms with Gasteiger partial charge in [-0.25, -0.2) is 0 Å². The van der Waals surface area contributed by atoms with Crippen LogP contribution in [0.25, 0.3) is 0 Å². The number of nitrogens with zero attached hydrogens (tertiary/aromatic N) is 1. The smallest absolute Gasteiger partial charge is 0.0606 e. The molecule has 0 amide bonds. The lowest BCUT2D eigenvalue weighted by Gasteiger charge is -2.24. The summed E-state index contributed by atoms with van der Waals surface area (Å²) in [4.78, 5) is 2.54. The van der Waals surface area contributed by atoms with Gasteiger partial charge < -0.3 is 16.0 Å². The Balaban J connectivity index is 2.00. The summed E-state index contributed by atoms with van der Waals surface area (Å²) in [5, 5.41) is 3.46. The van der Waals surface area contributed by atoms with Gasteiger partial charge in [-0.15, -0.1) is 0 Å². The predicted molar refractivity (Wildman–Crippen MR) is 64.3 cm³/mol. The third-order valence-electron chi connectivity index (χ3n) is 3.21. The van der Waals surface area contributed by atoms with E-state index >= 15 is 0 Å². The molecule has 1 aromatic carbocycles. The minimum Gasteiger partial charge on any atom is -0.399 e.